The summed E-state index contributed by atoms with van der Waals surface area (Å²) >= 11 is 4.29. The van der Waals surface area contributed by atoms with Gasteiger partial charge in [0.1, 0.15) is 5.69 Å². The number of nitrogens with zero attached hydrogens (tertiary/aromatic N) is 2. The second-order valence-electron chi connectivity index (χ2n) is 3.62. The summed E-state index contributed by atoms with van der Waals surface area (Å²) in [6.45, 7) is 3.21. The van der Waals surface area contributed by atoms with E-state index in [1.807, 2.05) is 5.16 Å². The highest BCUT2D eigenvalue weighted by molar-refractivity contribution is 7.78. The van der Waals surface area contributed by atoms with Crippen LogP contribution in [0.1, 0.15) is 25.5 Å². The summed E-state index contributed by atoms with van der Waals surface area (Å²) in [7, 11) is 0. The predicted molar refractivity (Wildman–Crippen MR) is 60.8 cm³/mol. The van der Waals surface area contributed by atoms with Gasteiger partial charge in [-0.1, -0.05) is 0 Å². The first-order chi connectivity index (χ1) is 7.77. The molecule has 0 fully saturated rings. The normalized spacial score (nSPS) is 11.4. The van der Waals surface area contributed by atoms with E-state index in [-0.39, 0.29) is 5.69 Å². The molecular weight excluding hydrogens is 253 g/mol. The largest absolute Gasteiger partial charge is 0.417 e. The lowest BCUT2D eigenvalue weighted by Crippen LogP contribution is -2.23. The van der Waals surface area contributed by atoms with Crippen LogP contribution in [0.15, 0.2) is 22.1 Å². The minimum absolute atomic E-state index is 0.358. The molecule has 0 aliphatic heterocycles. The quantitative estimate of drug-likeness (QED) is 0.606. The molecule has 0 amide bonds. The summed E-state index contributed by atoms with van der Waals surface area (Å²) in [5, 5.41) is 1.90. The van der Waals surface area contributed by atoms with Crippen molar-refractivity contribution in [2.75, 3.05) is 0 Å². The highest BCUT2D eigenvalue weighted by Gasteiger charge is 2.32. The number of isothiocyanates is 1. The number of alkyl halides is 3. The lowest BCUT2D eigenvalue weighted by atomic mass is 10.2. The Balaban J connectivity index is 3.59. The molecule has 0 aliphatic rings. The Kier molecular flexibility index (Phi) is 3.85. The van der Waals surface area contributed by atoms with Gasteiger partial charge in [0.05, 0.1) is 10.7 Å². The summed E-state index contributed by atoms with van der Waals surface area (Å²) in [5.74, 6) is 0. The van der Waals surface area contributed by atoms with Gasteiger partial charge in [0.25, 0.3) is 5.56 Å². The Bertz CT molecular complexity index is 527. The molecule has 3 nitrogen and oxygen atoms in total. The van der Waals surface area contributed by atoms with Crippen molar-refractivity contribution < 1.29 is 13.2 Å². The standard InChI is InChI=1S/C10H9F3N2OS/c1-6(2)15-4-7(10(11,12)13)3-8(9(15)16)14-5-17/h3-4,6H,1-2H3. The molecular formula is C10H9F3N2OS. The number of aliphatic imine (C=N–C) groups is 1. The Hall–Kier alpha value is -1.46. The second-order valence-corrected chi connectivity index (χ2v) is 3.80. The van der Waals surface area contributed by atoms with Crippen LogP contribution in [0.25, 0.3) is 0 Å². The maximum Gasteiger partial charge on any atom is 0.417 e. The first-order valence-corrected chi connectivity index (χ1v) is 5.09. The average Bonchev–Trinajstić information content (AvgIpc) is 2.19. The van der Waals surface area contributed by atoms with Gasteiger partial charge in [0.2, 0.25) is 0 Å². The molecule has 0 saturated heterocycles. The molecule has 17 heavy (non-hydrogen) atoms. The molecule has 0 radical (unpaired) electrons. The van der Waals surface area contributed by atoms with Crippen molar-refractivity contribution >= 4 is 23.1 Å². The molecule has 1 aromatic heterocycles. The van der Waals surface area contributed by atoms with Crippen molar-refractivity contribution in [3.63, 3.8) is 0 Å². The topological polar surface area (TPSA) is 34.4 Å². The maximum atomic E-state index is 12.6. The zero-order valence-corrected chi connectivity index (χ0v) is 9.89. The molecule has 0 bridgehead atoms. The highest BCUT2D eigenvalue weighted by atomic mass is 32.1. The third kappa shape index (κ3) is 3.01. The smallest absolute Gasteiger partial charge is 0.311 e. The van der Waals surface area contributed by atoms with Crippen LogP contribution < -0.4 is 5.56 Å². The van der Waals surface area contributed by atoms with Crippen LogP contribution in [0.4, 0.5) is 18.9 Å². The van der Waals surface area contributed by atoms with E-state index >= 15 is 0 Å². The first-order valence-electron chi connectivity index (χ1n) is 4.68. The molecule has 0 saturated carbocycles. The second kappa shape index (κ2) is 4.81. The molecule has 0 N–H and O–H groups in total. The first kappa shape index (κ1) is 13.6. The van der Waals surface area contributed by atoms with E-state index in [2.05, 4.69) is 17.2 Å². The minimum atomic E-state index is -4.53. The third-order valence-corrected chi connectivity index (χ3v) is 2.17. The van der Waals surface area contributed by atoms with Gasteiger partial charge in [-0.15, -0.1) is 0 Å². The molecule has 92 valence electrons. The fraction of sp³-hybridized carbons (Fsp3) is 0.400. The molecule has 0 aromatic carbocycles. The van der Waals surface area contributed by atoms with Gasteiger partial charge in [-0.05, 0) is 32.1 Å². The number of hydrogen-bond acceptors (Lipinski definition) is 3. The Morgan fingerprint density at radius 2 is 2.06 bits per heavy atom. The molecule has 7 heteroatoms. The van der Waals surface area contributed by atoms with Crippen LogP contribution >= 0.6 is 12.2 Å². The van der Waals surface area contributed by atoms with Crippen LogP contribution in [0.2, 0.25) is 0 Å². The van der Waals surface area contributed by atoms with E-state index in [1.165, 1.54) is 0 Å². The number of aromatic nitrogens is 1. The fourth-order valence-electron chi connectivity index (χ4n) is 1.25. The number of halogens is 3. The van der Waals surface area contributed by atoms with Crippen LogP contribution in [0.5, 0.6) is 0 Å². The zero-order chi connectivity index (χ0) is 13.2. The van der Waals surface area contributed by atoms with Gasteiger partial charge >= 0.3 is 6.18 Å². The Morgan fingerprint density at radius 3 is 2.47 bits per heavy atom. The van der Waals surface area contributed by atoms with Crippen LogP contribution in [0, 0.1) is 0 Å². The van der Waals surface area contributed by atoms with Crippen molar-refractivity contribution in [3.05, 3.63) is 28.2 Å². The number of pyridine rings is 1. The van der Waals surface area contributed by atoms with Crippen molar-refractivity contribution in [3.8, 4) is 0 Å². The van der Waals surface area contributed by atoms with Gasteiger partial charge in [-0.2, -0.15) is 18.2 Å². The summed E-state index contributed by atoms with van der Waals surface area (Å²) in [6.07, 6.45) is -3.76. The maximum absolute atomic E-state index is 12.6. The fourth-order valence-corrected chi connectivity index (χ4v) is 1.35. The molecule has 1 rings (SSSR count). The van der Waals surface area contributed by atoms with Crippen LogP contribution in [-0.2, 0) is 6.18 Å². The summed E-state index contributed by atoms with van der Waals surface area (Å²) < 4.78 is 38.7. The predicted octanol–water partition coefficient (Wildman–Crippen LogP) is 3.18. The Labute approximate surface area is 101 Å². The van der Waals surface area contributed by atoms with E-state index in [1.54, 1.807) is 13.8 Å². The number of thiocarbonyl (C=S) groups is 1. The van der Waals surface area contributed by atoms with Crippen molar-refractivity contribution in [1.82, 2.24) is 4.57 Å². The monoisotopic (exact) mass is 262 g/mol. The SMILES string of the molecule is CC(C)n1cc(C(F)(F)F)cc(N=C=S)c1=O. The average molecular weight is 262 g/mol. The zero-order valence-electron chi connectivity index (χ0n) is 9.08. The van der Waals surface area contributed by atoms with E-state index in [0.29, 0.717) is 6.07 Å². The highest BCUT2D eigenvalue weighted by Crippen LogP contribution is 2.30. The van der Waals surface area contributed by atoms with Crippen molar-refractivity contribution in [2.45, 2.75) is 26.1 Å². The van der Waals surface area contributed by atoms with E-state index in [4.69, 9.17) is 0 Å². The number of hydrogen-bond donors (Lipinski definition) is 0. The number of rotatable bonds is 2. The summed E-state index contributed by atoms with van der Waals surface area (Å²) in [4.78, 5) is 15.0. The minimum Gasteiger partial charge on any atom is -0.311 e. The van der Waals surface area contributed by atoms with Gasteiger partial charge < -0.3 is 4.57 Å². The van der Waals surface area contributed by atoms with Crippen LogP contribution in [-0.4, -0.2) is 9.73 Å². The van der Waals surface area contributed by atoms with Gasteiger partial charge in [-0.3, -0.25) is 4.79 Å². The molecule has 0 aliphatic carbocycles. The molecule has 0 atom stereocenters. The summed E-state index contributed by atoms with van der Waals surface area (Å²) in [5.41, 5.74) is -1.91. The van der Waals surface area contributed by atoms with Crippen molar-refractivity contribution in [1.29, 1.82) is 0 Å². The lowest BCUT2D eigenvalue weighted by Gasteiger charge is -2.14. The van der Waals surface area contributed by atoms with Crippen LogP contribution in [0.3, 0.4) is 0 Å². The summed E-state index contributed by atoms with van der Waals surface area (Å²) in [6, 6.07) is 0.268. The van der Waals surface area contributed by atoms with Gasteiger partial charge in [0, 0.05) is 12.2 Å². The van der Waals surface area contributed by atoms with E-state index < -0.39 is 23.3 Å². The molecule has 0 unspecified atom stereocenters. The third-order valence-electron chi connectivity index (χ3n) is 2.07. The lowest BCUT2D eigenvalue weighted by molar-refractivity contribution is -0.138. The van der Waals surface area contributed by atoms with Gasteiger partial charge in [-0.25, -0.2) is 0 Å². The van der Waals surface area contributed by atoms with E-state index in [9.17, 15) is 18.0 Å². The van der Waals surface area contributed by atoms with E-state index in [0.717, 1.165) is 10.8 Å². The molecule has 0 spiro atoms. The molecule has 1 heterocycles. The van der Waals surface area contributed by atoms with Crippen molar-refractivity contribution in [2.24, 2.45) is 4.99 Å². The van der Waals surface area contributed by atoms with Gasteiger partial charge in [0.15, 0.2) is 0 Å². The Morgan fingerprint density at radius 1 is 1.47 bits per heavy atom. The molecule has 1 aromatic rings.